The Morgan fingerprint density at radius 1 is 0.905 bits per heavy atom. The van der Waals surface area contributed by atoms with Gasteiger partial charge in [0.15, 0.2) is 18.7 Å². The second-order valence-electron chi connectivity index (χ2n) is 5.30. The molecule has 6 nitrogen and oxygen atoms in total. The highest BCUT2D eigenvalue weighted by Crippen LogP contribution is 2.30. The predicted molar refractivity (Wildman–Crippen MR) is 80.1 cm³/mol. The minimum absolute atomic E-state index is 0. The van der Waals surface area contributed by atoms with E-state index in [1.54, 1.807) is 0 Å². The lowest BCUT2D eigenvalue weighted by atomic mass is 10.2. The molecule has 21 heavy (non-hydrogen) atoms. The Kier molecular flexibility index (Phi) is 9.60. The molecule has 1 fully saturated rings. The number of ether oxygens (including phenoxy) is 4. The molecule has 1 aliphatic rings. The summed E-state index contributed by atoms with van der Waals surface area (Å²) in [6.45, 7) is 16.1. The molecule has 0 amide bonds. The van der Waals surface area contributed by atoms with Gasteiger partial charge in [0.05, 0.1) is 26.4 Å². The first-order valence-electron chi connectivity index (χ1n) is 7.86. The van der Waals surface area contributed by atoms with Gasteiger partial charge in [-0.1, -0.05) is 0 Å². The molecule has 1 saturated heterocycles. The van der Waals surface area contributed by atoms with Crippen LogP contribution in [0.3, 0.4) is 0 Å². The molecule has 1 heterocycles. The summed E-state index contributed by atoms with van der Waals surface area (Å²) in [7, 11) is 0. The Balaban J connectivity index is 0.00000400. The number of nitrogens with zero attached hydrogens (tertiary/aromatic N) is 1. The van der Waals surface area contributed by atoms with Gasteiger partial charge in [-0.15, -0.1) is 0 Å². The SMILES string of the molecule is CCOC(C)[N+](CC1CO1)(C(C)OCC)C(C)OCC.[OH-]. The van der Waals surface area contributed by atoms with Crippen molar-refractivity contribution in [1.82, 2.24) is 0 Å². The maximum absolute atomic E-state index is 5.93. The van der Waals surface area contributed by atoms with Crippen LogP contribution >= 0.6 is 0 Å². The molecule has 1 rings (SSSR count). The van der Waals surface area contributed by atoms with E-state index in [1.165, 1.54) is 0 Å². The third-order valence-electron chi connectivity index (χ3n) is 4.18. The zero-order valence-electron chi connectivity index (χ0n) is 14.4. The van der Waals surface area contributed by atoms with E-state index >= 15 is 0 Å². The molecule has 0 aromatic heterocycles. The minimum Gasteiger partial charge on any atom is -0.870 e. The Labute approximate surface area is 129 Å². The largest absolute Gasteiger partial charge is 0.870 e. The number of quaternary nitrogens is 1. The van der Waals surface area contributed by atoms with Crippen molar-refractivity contribution < 1.29 is 28.9 Å². The topological polar surface area (TPSA) is 70.2 Å². The molecule has 0 bridgehead atoms. The summed E-state index contributed by atoms with van der Waals surface area (Å²) in [4.78, 5) is 0. The molecular weight excluding hydrogens is 274 g/mol. The van der Waals surface area contributed by atoms with E-state index in [-0.39, 0.29) is 24.2 Å². The van der Waals surface area contributed by atoms with Crippen molar-refractivity contribution in [2.45, 2.75) is 66.3 Å². The van der Waals surface area contributed by atoms with E-state index < -0.39 is 0 Å². The standard InChI is InChI=1S/C15H32NO4.H2O/c1-7-17-12(4)16(10-15-11-20-15,13(5)18-8-2)14(6)19-9-3;/h12-15H,7-11H2,1-6H3;1H2/q+1;/p-1. The Morgan fingerprint density at radius 3 is 1.48 bits per heavy atom. The Hall–Kier alpha value is -0.240. The monoisotopic (exact) mass is 307 g/mol. The second kappa shape index (κ2) is 9.71. The van der Waals surface area contributed by atoms with E-state index in [1.807, 2.05) is 20.8 Å². The van der Waals surface area contributed by atoms with Gasteiger partial charge < -0.3 is 24.4 Å². The lowest BCUT2D eigenvalue weighted by Gasteiger charge is -2.49. The smallest absolute Gasteiger partial charge is 0.194 e. The predicted octanol–water partition coefficient (Wildman–Crippen LogP) is 2.17. The average molecular weight is 307 g/mol. The van der Waals surface area contributed by atoms with E-state index in [4.69, 9.17) is 18.9 Å². The minimum atomic E-state index is 0. The fourth-order valence-corrected chi connectivity index (χ4v) is 3.00. The molecule has 0 aromatic rings. The quantitative estimate of drug-likeness (QED) is 0.332. The molecule has 4 atom stereocenters. The first kappa shape index (κ1) is 20.8. The van der Waals surface area contributed by atoms with Gasteiger partial charge in [-0.05, 0) is 20.8 Å². The molecule has 1 aliphatic heterocycles. The van der Waals surface area contributed by atoms with Crippen LogP contribution in [-0.4, -0.2) is 67.7 Å². The lowest BCUT2D eigenvalue weighted by molar-refractivity contribution is -1.04. The van der Waals surface area contributed by atoms with E-state index in [0.717, 1.165) is 13.2 Å². The molecule has 4 unspecified atom stereocenters. The van der Waals surface area contributed by atoms with Crippen LogP contribution in [-0.2, 0) is 18.9 Å². The highest BCUT2D eigenvalue weighted by molar-refractivity contribution is 4.70. The van der Waals surface area contributed by atoms with Gasteiger partial charge in [-0.3, -0.25) is 0 Å². The fraction of sp³-hybridized carbons (Fsp3) is 1.00. The van der Waals surface area contributed by atoms with E-state index in [9.17, 15) is 0 Å². The normalized spacial score (nSPS) is 24.6. The average Bonchev–Trinajstić information content (AvgIpc) is 3.20. The highest BCUT2D eigenvalue weighted by Gasteiger charge is 2.50. The van der Waals surface area contributed by atoms with Crippen LogP contribution < -0.4 is 0 Å². The van der Waals surface area contributed by atoms with Crippen molar-refractivity contribution in [3.8, 4) is 0 Å². The molecule has 0 saturated carbocycles. The molecular formula is C15H33NO5. The summed E-state index contributed by atoms with van der Waals surface area (Å²) >= 11 is 0. The Bertz CT molecular complexity index is 242. The van der Waals surface area contributed by atoms with Crippen LogP contribution in [0.25, 0.3) is 0 Å². The third kappa shape index (κ3) is 5.16. The van der Waals surface area contributed by atoms with Gasteiger partial charge in [-0.25, -0.2) is 4.48 Å². The van der Waals surface area contributed by atoms with Crippen LogP contribution in [0, 0.1) is 0 Å². The van der Waals surface area contributed by atoms with Gasteiger partial charge in [0.1, 0.15) is 12.6 Å². The van der Waals surface area contributed by atoms with Crippen LogP contribution in [0.2, 0.25) is 0 Å². The van der Waals surface area contributed by atoms with Crippen molar-refractivity contribution >= 4 is 0 Å². The number of epoxide rings is 1. The van der Waals surface area contributed by atoms with Gasteiger partial charge in [0.2, 0.25) is 0 Å². The molecule has 0 spiro atoms. The van der Waals surface area contributed by atoms with Gasteiger partial charge in [0.25, 0.3) is 0 Å². The van der Waals surface area contributed by atoms with Crippen LogP contribution in [0.1, 0.15) is 41.5 Å². The molecule has 128 valence electrons. The summed E-state index contributed by atoms with van der Waals surface area (Å²) in [5.74, 6) is 0. The van der Waals surface area contributed by atoms with Gasteiger partial charge >= 0.3 is 0 Å². The third-order valence-corrected chi connectivity index (χ3v) is 4.18. The maximum atomic E-state index is 5.93. The molecule has 0 aromatic carbocycles. The number of hydrogen-bond acceptors (Lipinski definition) is 5. The van der Waals surface area contributed by atoms with Crippen molar-refractivity contribution in [1.29, 1.82) is 0 Å². The molecule has 6 heteroatoms. The van der Waals surface area contributed by atoms with Gasteiger partial charge in [0, 0.05) is 20.8 Å². The maximum Gasteiger partial charge on any atom is 0.194 e. The molecule has 0 aliphatic carbocycles. The zero-order valence-corrected chi connectivity index (χ0v) is 14.4. The van der Waals surface area contributed by atoms with Crippen molar-refractivity contribution in [2.75, 3.05) is 33.0 Å². The molecule has 1 N–H and O–H groups in total. The zero-order chi connectivity index (χ0) is 15.2. The van der Waals surface area contributed by atoms with Crippen molar-refractivity contribution in [2.24, 2.45) is 0 Å². The summed E-state index contributed by atoms with van der Waals surface area (Å²) in [6, 6.07) is 0. The number of hydrogen-bond donors (Lipinski definition) is 0. The lowest BCUT2D eigenvalue weighted by Crippen LogP contribution is -2.67. The summed E-state index contributed by atoms with van der Waals surface area (Å²) in [5.41, 5.74) is 0. The summed E-state index contributed by atoms with van der Waals surface area (Å²) in [5, 5.41) is 0. The molecule has 0 radical (unpaired) electrons. The van der Waals surface area contributed by atoms with Crippen LogP contribution in [0.15, 0.2) is 0 Å². The van der Waals surface area contributed by atoms with E-state index in [0.29, 0.717) is 30.4 Å². The Morgan fingerprint density at radius 2 is 1.24 bits per heavy atom. The van der Waals surface area contributed by atoms with Gasteiger partial charge in [-0.2, -0.15) is 0 Å². The summed E-state index contributed by atoms with van der Waals surface area (Å²) in [6.07, 6.45) is 0.315. The highest BCUT2D eigenvalue weighted by atomic mass is 16.6. The second-order valence-corrected chi connectivity index (χ2v) is 5.30. The first-order chi connectivity index (χ1) is 9.52. The first-order valence-corrected chi connectivity index (χ1v) is 7.86. The fourth-order valence-electron chi connectivity index (χ4n) is 3.00. The number of rotatable bonds is 11. The van der Waals surface area contributed by atoms with E-state index in [2.05, 4.69) is 20.8 Å². The summed E-state index contributed by atoms with van der Waals surface area (Å²) < 4.78 is 23.9. The van der Waals surface area contributed by atoms with Crippen molar-refractivity contribution in [3.63, 3.8) is 0 Å². The van der Waals surface area contributed by atoms with Crippen molar-refractivity contribution in [3.05, 3.63) is 0 Å². The van der Waals surface area contributed by atoms with Crippen LogP contribution in [0.5, 0.6) is 0 Å². The van der Waals surface area contributed by atoms with Crippen LogP contribution in [0.4, 0.5) is 0 Å².